The molecule has 1 fully saturated rings. The van der Waals surface area contributed by atoms with Crippen molar-refractivity contribution in [2.24, 2.45) is 5.92 Å². The van der Waals surface area contributed by atoms with Gasteiger partial charge in [-0.2, -0.15) is 0 Å². The number of aliphatic hydroxyl groups excluding tert-OH is 1. The van der Waals surface area contributed by atoms with E-state index in [0.29, 0.717) is 24.2 Å². The lowest BCUT2D eigenvalue weighted by atomic mass is 9.86. The van der Waals surface area contributed by atoms with E-state index in [2.05, 4.69) is 10.9 Å². The second kappa shape index (κ2) is 5.91. The zero-order valence-corrected chi connectivity index (χ0v) is 11.5. The summed E-state index contributed by atoms with van der Waals surface area (Å²) in [4.78, 5) is 13.7. The molecule has 20 heavy (non-hydrogen) atoms. The summed E-state index contributed by atoms with van der Waals surface area (Å²) < 4.78 is 0. The van der Waals surface area contributed by atoms with Crippen molar-refractivity contribution in [3.05, 3.63) is 35.4 Å². The zero-order valence-electron chi connectivity index (χ0n) is 11.5. The molecule has 1 saturated carbocycles. The molecule has 5 heteroatoms. The fraction of sp³-hybridized carbons (Fsp3) is 0.533. The van der Waals surface area contributed by atoms with Crippen molar-refractivity contribution in [1.29, 1.82) is 0 Å². The van der Waals surface area contributed by atoms with E-state index in [1.54, 1.807) is 12.1 Å². The van der Waals surface area contributed by atoms with Gasteiger partial charge in [0.2, 0.25) is 0 Å². The quantitative estimate of drug-likeness (QED) is 0.536. The van der Waals surface area contributed by atoms with Crippen molar-refractivity contribution < 1.29 is 9.90 Å². The zero-order chi connectivity index (χ0) is 13.9. The van der Waals surface area contributed by atoms with Gasteiger partial charge in [0.15, 0.2) is 6.23 Å². The van der Waals surface area contributed by atoms with Crippen LogP contribution in [0.4, 0.5) is 0 Å². The Kier molecular flexibility index (Phi) is 4.00. The summed E-state index contributed by atoms with van der Waals surface area (Å²) in [6.07, 6.45) is 3.16. The van der Waals surface area contributed by atoms with Crippen LogP contribution in [0.1, 0.15) is 41.4 Å². The number of carbonyl (C=O) groups excluding carboxylic acids is 1. The van der Waals surface area contributed by atoms with Gasteiger partial charge in [-0.05, 0) is 24.8 Å². The van der Waals surface area contributed by atoms with E-state index >= 15 is 0 Å². The highest BCUT2D eigenvalue weighted by atomic mass is 16.3. The standard InChI is InChI=1S/C15H21N3O2/c19-14-12-6-1-2-7-13(12)15(20)18(14)9-8-16-17-10-11-4-3-5-11/h1-2,6-7,11,14,16-17,19H,3-5,8-10H2. The van der Waals surface area contributed by atoms with Crippen LogP contribution in [0.3, 0.4) is 0 Å². The van der Waals surface area contributed by atoms with E-state index < -0.39 is 6.23 Å². The molecule has 1 heterocycles. The largest absolute Gasteiger partial charge is 0.369 e. The lowest BCUT2D eigenvalue weighted by molar-refractivity contribution is 0.0178. The number of benzene rings is 1. The summed E-state index contributed by atoms with van der Waals surface area (Å²) in [6, 6.07) is 7.24. The fourth-order valence-electron chi connectivity index (χ4n) is 2.75. The van der Waals surface area contributed by atoms with Gasteiger partial charge < -0.3 is 10.0 Å². The van der Waals surface area contributed by atoms with Crippen molar-refractivity contribution in [3.8, 4) is 0 Å². The molecule has 0 spiro atoms. The van der Waals surface area contributed by atoms with Crippen LogP contribution in [-0.4, -0.2) is 35.5 Å². The maximum absolute atomic E-state index is 12.2. The molecule has 0 aromatic heterocycles. The maximum atomic E-state index is 12.2. The first kappa shape index (κ1) is 13.5. The Bertz CT molecular complexity index is 488. The number of rotatable bonds is 6. The lowest BCUT2D eigenvalue weighted by Crippen LogP contribution is -2.42. The van der Waals surface area contributed by atoms with Crippen LogP contribution in [0.25, 0.3) is 0 Å². The molecule has 108 valence electrons. The normalized spacial score (nSPS) is 21.9. The average molecular weight is 275 g/mol. The molecule has 0 saturated heterocycles. The third kappa shape index (κ3) is 2.57. The van der Waals surface area contributed by atoms with Crippen molar-refractivity contribution in [3.63, 3.8) is 0 Å². The van der Waals surface area contributed by atoms with Crippen LogP contribution >= 0.6 is 0 Å². The molecule has 1 aromatic carbocycles. The molecule has 0 bridgehead atoms. The second-order valence-corrected chi connectivity index (χ2v) is 5.56. The van der Waals surface area contributed by atoms with Crippen LogP contribution in [0, 0.1) is 5.92 Å². The Morgan fingerprint density at radius 1 is 1.25 bits per heavy atom. The molecule has 3 N–H and O–H groups in total. The summed E-state index contributed by atoms with van der Waals surface area (Å²) in [7, 11) is 0. The molecule has 1 amide bonds. The third-order valence-electron chi connectivity index (χ3n) is 4.24. The first-order valence-electron chi connectivity index (χ1n) is 7.31. The summed E-state index contributed by atoms with van der Waals surface area (Å²) in [5, 5.41) is 10.2. The number of hydrogen-bond acceptors (Lipinski definition) is 4. The van der Waals surface area contributed by atoms with Gasteiger partial charge in [-0.15, -0.1) is 0 Å². The minimum Gasteiger partial charge on any atom is -0.369 e. The number of nitrogens with one attached hydrogen (secondary N) is 2. The monoisotopic (exact) mass is 275 g/mol. The summed E-state index contributed by atoms with van der Waals surface area (Å²) >= 11 is 0. The highest BCUT2D eigenvalue weighted by molar-refractivity contribution is 5.98. The highest BCUT2D eigenvalue weighted by Gasteiger charge is 2.34. The molecule has 5 nitrogen and oxygen atoms in total. The first-order valence-corrected chi connectivity index (χ1v) is 7.31. The molecule has 1 unspecified atom stereocenters. The number of carbonyl (C=O) groups is 1. The SMILES string of the molecule is O=C1c2ccccc2C(O)N1CCNNCC1CCC1. The fourth-order valence-corrected chi connectivity index (χ4v) is 2.75. The van der Waals surface area contributed by atoms with Crippen molar-refractivity contribution in [2.45, 2.75) is 25.5 Å². The minimum atomic E-state index is -0.813. The van der Waals surface area contributed by atoms with Gasteiger partial charge in [0.25, 0.3) is 5.91 Å². The minimum absolute atomic E-state index is 0.0890. The van der Waals surface area contributed by atoms with Crippen LogP contribution < -0.4 is 10.9 Å². The van der Waals surface area contributed by atoms with E-state index in [-0.39, 0.29) is 5.91 Å². The first-order chi connectivity index (χ1) is 9.77. The smallest absolute Gasteiger partial charge is 0.256 e. The summed E-state index contributed by atoms with van der Waals surface area (Å²) in [5.41, 5.74) is 7.64. The Morgan fingerprint density at radius 3 is 2.75 bits per heavy atom. The molecule has 1 atom stereocenters. The number of nitrogens with zero attached hydrogens (tertiary/aromatic N) is 1. The Morgan fingerprint density at radius 2 is 2.05 bits per heavy atom. The Labute approximate surface area is 118 Å². The molecule has 1 aliphatic carbocycles. The molecule has 1 aliphatic heterocycles. The Hall–Kier alpha value is -1.43. The average Bonchev–Trinajstić information content (AvgIpc) is 2.66. The Balaban J connectivity index is 1.45. The van der Waals surface area contributed by atoms with Crippen molar-refractivity contribution in [2.75, 3.05) is 19.6 Å². The number of hydrazine groups is 1. The van der Waals surface area contributed by atoms with Crippen molar-refractivity contribution in [1.82, 2.24) is 15.8 Å². The number of amides is 1. The predicted molar refractivity (Wildman–Crippen MR) is 75.8 cm³/mol. The van der Waals surface area contributed by atoms with E-state index in [1.165, 1.54) is 24.2 Å². The van der Waals surface area contributed by atoms with Crippen LogP contribution in [-0.2, 0) is 0 Å². The van der Waals surface area contributed by atoms with Gasteiger partial charge in [-0.1, -0.05) is 24.6 Å². The van der Waals surface area contributed by atoms with Crippen molar-refractivity contribution >= 4 is 5.91 Å². The van der Waals surface area contributed by atoms with Gasteiger partial charge >= 0.3 is 0 Å². The van der Waals surface area contributed by atoms with Gasteiger partial charge in [0, 0.05) is 30.8 Å². The van der Waals surface area contributed by atoms with Gasteiger partial charge in [-0.3, -0.25) is 15.6 Å². The number of fused-ring (bicyclic) bond motifs is 1. The van der Waals surface area contributed by atoms with Gasteiger partial charge in [0.05, 0.1) is 0 Å². The highest BCUT2D eigenvalue weighted by Crippen LogP contribution is 2.30. The summed E-state index contributed by atoms with van der Waals surface area (Å²) in [6.45, 7) is 2.10. The molecule has 0 radical (unpaired) electrons. The van der Waals surface area contributed by atoms with E-state index in [9.17, 15) is 9.90 Å². The van der Waals surface area contributed by atoms with E-state index in [1.807, 2.05) is 12.1 Å². The molecular weight excluding hydrogens is 254 g/mol. The topological polar surface area (TPSA) is 64.6 Å². The van der Waals surface area contributed by atoms with Crippen LogP contribution in [0.5, 0.6) is 0 Å². The van der Waals surface area contributed by atoms with Gasteiger partial charge in [0.1, 0.15) is 0 Å². The molecular formula is C15H21N3O2. The van der Waals surface area contributed by atoms with Gasteiger partial charge in [-0.25, -0.2) is 0 Å². The second-order valence-electron chi connectivity index (χ2n) is 5.56. The molecule has 2 aliphatic rings. The van der Waals surface area contributed by atoms with Crippen LogP contribution in [0.15, 0.2) is 24.3 Å². The summed E-state index contributed by atoms with van der Waals surface area (Å²) in [5.74, 6) is 0.708. The third-order valence-corrected chi connectivity index (χ3v) is 4.24. The number of hydrogen-bond donors (Lipinski definition) is 3. The molecule has 1 aromatic rings. The predicted octanol–water partition coefficient (Wildman–Crippen LogP) is 1.03. The lowest BCUT2D eigenvalue weighted by Gasteiger charge is -2.26. The molecule has 3 rings (SSSR count). The van der Waals surface area contributed by atoms with E-state index in [0.717, 1.165) is 12.5 Å². The number of aliphatic hydroxyl groups is 1. The maximum Gasteiger partial charge on any atom is 0.256 e. The van der Waals surface area contributed by atoms with E-state index in [4.69, 9.17) is 0 Å². The van der Waals surface area contributed by atoms with Crippen LogP contribution in [0.2, 0.25) is 0 Å².